The summed E-state index contributed by atoms with van der Waals surface area (Å²) in [5, 5.41) is 6.39. The van der Waals surface area contributed by atoms with Crippen molar-refractivity contribution in [1.29, 1.82) is 0 Å². The summed E-state index contributed by atoms with van der Waals surface area (Å²) in [5.41, 5.74) is 11.2. The molecule has 0 saturated carbocycles. The van der Waals surface area contributed by atoms with E-state index in [0.717, 1.165) is 29.2 Å². The second kappa shape index (κ2) is 6.93. The average Bonchev–Trinajstić information content (AvgIpc) is 3.03. The second-order valence-corrected chi connectivity index (χ2v) is 8.30. The van der Waals surface area contributed by atoms with Crippen LogP contribution < -0.4 is 11.1 Å². The van der Waals surface area contributed by atoms with Crippen LogP contribution in [0.3, 0.4) is 0 Å². The van der Waals surface area contributed by atoms with Crippen LogP contribution in [-0.4, -0.2) is 10.9 Å². The van der Waals surface area contributed by atoms with E-state index in [4.69, 9.17) is 5.73 Å². The molecule has 128 valence electrons. The van der Waals surface area contributed by atoms with E-state index in [1.54, 1.807) is 11.3 Å². The van der Waals surface area contributed by atoms with Gasteiger partial charge in [-0.25, -0.2) is 9.98 Å². The predicted octanol–water partition coefficient (Wildman–Crippen LogP) is 4.25. The van der Waals surface area contributed by atoms with Crippen LogP contribution in [0.15, 0.2) is 28.6 Å². The van der Waals surface area contributed by atoms with Crippen LogP contribution >= 0.6 is 11.3 Å². The number of nitrogens with zero attached hydrogens (tertiary/aromatic N) is 2. The summed E-state index contributed by atoms with van der Waals surface area (Å²) < 4.78 is 0. The first kappa shape index (κ1) is 17.0. The maximum atomic E-state index is 6.10. The number of benzene rings is 1. The van der Waals surface area contributed by atoms with Crippen LogP contribution in [0.4, 0.5) is 5.69 Å². The van der Waals surface area contributed by atoms with Gasteiger partial charge in [-0.1, -0.05) is 32.9 Å². The summed E-state index contributed by atoms with van der Waals surface area (Å²) in [6.45, 7) is 7.03. The van der Waals surface area contributed by atoms with Crippen molar-refractivity contribution in [3.8, 4) is 0 Å². The van der Waals surface area contributed by atoms with E-state index in [9.17, 15) is 0 Å². The Morgan fingerprint density at radius 3 is 2.83 bits per heavy atom. The van der Waals surface area contributed by atoms with Gasteiger partial charge in [-0.3, -0.25) is 0 Å². The van der Waals surface area contributed by atoms with Crippen molar-refractivity contribution in [3.05, 3.63) is 45.4 Å². The monoisotopic (exact) mass is 342 g/mol. The van der Waals surface area contributed by atoms with Gasteiger partial charge in [0.15, 0.2) is 5.96 Å². The molecule has 0 spiro atoms. The number of aliphatic imine (C=N–C) groups is 1. The molecule has 1 aliphatic carbocycles. The summed E-state index contributed by atoms with van der Waals surface area (Å²) in [6.07, 6.45) is 4.81. The van der Waals surface area contributed by atoms with Crippen molar-refractivity contribution in [1.82, 2.24) is 4.98 Å². The Bertz CT molecular complexity index is 740. The predicted molar refractivity (Wildman–Crippen MR) is 103 cm³/mol. The zero-order valence-electron chi connectivity index (χ0n) is 14.7. The van der Waals surface area contributed by atoms with E-state index >= 15 is 0 Å². The topological polar surface area (TPSA) is 63.3 Å². The van der Waals surface area contributed by atoms with Gasteiger partial charge in [0.05, 0.1) is 12.2 Å². The Morgan fingerprint density at radius 2 is 2.08 bits per heavy atom. The lowest BCUT2D eigenvalue weighted by atomic mass is 9.90. The third-order valence-electron chi connectivity index (χ3n) is 4.36. The van der Waals surface area contributed by atoms with Gasteiger partial charge in [-0.15, -0.1) is 11.3 Å². The van der Waals surface area contributed by atoms with Gasteiger partial charge < -0.3 is 11.1 Å². The second-order valence-electron chi connectivity index (χ2n) is 7.35. The summed E-state index contributed by atoms with van der Waals surface area (Å²) in [6, 6.07) is 6.40. The first-order valence-electron chi connectivity index (χ1n) is 8.56. The third kappa shape index (κ3) is 3.96. The molecular formula is C19H26N4S. The van der Waals surface area contributed by atoms with Gasteiger partial charge in [0.2, 0.25) is 0 Å². The number of aromatic nitrogens is 1. The first-order chi connectivity index (χ1) is 11.4. The van der Waals surface area contributed by atoms with Crippen molar-refractivity contribution < 1.29 is 0 Å². The number of thiazole rings is 1. The standard InChI is InChI=1S/C19H26N4S/c1-19(2,3)16-12-24-17(23-16)11-21-18(20)22-15-10-6-8-13-7-4-5-9-14(13)15/h6,8,10,12H,4-5,7,9,11H2,1-3H3,(H3,20,21,22). The molecule has 1 aromatic heterocycles. The molecule has 0 radical (unpaired) electrons. The van der Waals surface area contributed by atoms with Crippen molar-refractivity contribution in [2.75, 3.05) is 5.32 Å². The van der Waals surface area contributed by atoms with Crippen molar-refractivity contribution >= 4 is 23.0 Å². The van der Waals surface area contributed by atoms with E-state index in [0.29, 0.717) is 12.5 Å². The van der Waals surface area contributed by atoms with E-state index in [1.165, 1.54) is 24.0 Å². The normalized spacial score (nSPS) is 15.2. The lowest BCUT2D eigenvalue weighted by molar-refractivity contribution is 0.571. The van der Waals surface area contributed by atoms with E-state index in [2.05, 4.69) is 59.6 Å². The highest BCUT2D eigenvalue weighted by Gasteiger charge is 2.17. The van der Waals surface area contributed by atoms with Gasteiger partial charge in [0.25, 0.3) is 0 Å². The minimum atomic E-state index is 0.0748. The molecule has 5 heteroatoms. The van der Waals surface area contributed by atoms with Crippen molar-refractivity contribution in [3.63, 3.8) is 0 Å². The van der Waals surface area contributed by atoms with Gasteiger partial charge in [0.1, 0.15) is 5.01 Å². The van der Waals surface area contributed by atoms with Crippen molar-refractivity contribution in [2.45, 2.75) is 58.4 Å². The quantitative estimate of drug-likeness (QED) is 0.647. The lowest BCUT2D eigenvalue weighted by Gasteiger charge is -2.19. The number of nitrogens with one attached hydrogen (secondary N) is 1. The highest BCUT2D eigenvalue weighted by Crippen LogP contribution is 2.28. The average molecular weight is 343 g/mol. The molecule has 1 aliphatic rings. The molecule has 0 saturated heterocycles. The number of nitrogens with two attached hydrogens (primary N) is 1. The van der Waals surface area contributed by atoms with E-state index in [-0.39, 0.29) is 5.41 Å². The number of fused-ring (bicyclic) bond motifs is 1. The fourth-order valence-corrected chi connectivity index (χ4v) is 3.90. The van der Waals surface area contributed by atoms with Crippen LogP contribution in [0.2, 0.25) is 0 Å². The molecule has 0 bridgehead atoms. The Hall–Kier alpha value is -1.88. The fraction of sp³-hybridized carbons (Fsp3) is 0.474. The minimum absolute atomic E-state index is 0.0748. The molecule has 1 heterocycles. The number of anilines is 1. The smallest absolute Gasteiger partial charge is 0.193 e. The molecule has 3 rings (SSSR count). The molecule has 3 N–H and O–H groups in total. The maximum absolute atomic E-state index is 6.10. The SMILES string of the molecule is CC(C)(C)c1csc(CN=C(N)Nc2cccc3c2CCCC3)n1. The maximum Gasteiger partial charge on any atom is 0.193 e. The number of aryl methyl sites for hydroxylation is 1. The summed E-state index contributed by atoms with van der Waals surface area (Å²) in [5.74, 6) is 0.460. The molecule has 0 atom stereocenters. The fourth-order valence-electron chi connectivity index (χ4n) is 2.96. The van der Waals surface area contributed by atoms with E-state index in [1.807, 2.05) is 0 Å². The summed E-state index contributed by atoms with van der Waals surface area (Å²) in [7, 11) is 0. The molecule has 2 aromatic rings. The third-order valence-corrected chi connectivity index (χ3v) is 5.20. The Morgan fingerprint density at radius 1 is 1.29 bits per heavy atom. The zero-order chi connectivity index (χ0) is 17.2. The van der Waals surface area contributed by atoms with Crippen LogP contribution in [0.1, 0.15) is 55.4 Å². The Labute approximate surface area is 148 Å². The lowest BCUT2D eigenvalue weighted by Crippen LogP contribution is -2.24. The molecule has 0 aliphatic heterocycles. The summed E-state index contributed by atoms with van der Waals surface area (Å²) >= 11 is 1.65. The highest BCUT2D eigenvalue weighted by atomic mass is 32.1. The molecule has 1 aromatic carbocycles. The van der Waals surface area contributed by atoms with Crippen LogP contribution in [0, 0.1) is 0 Å². The van der Waals surface area contributed by atoms with Crippen LogP contribution in [0.25, 0.3) is 0 Å². The zero-order valence-corrected chi connectivity index (χ0v) is 15.5. The van der Waals surface area contributed by atoms with Gasteiger partial charge in [-0.05, 0) is 42.9 Å². The molecule has 0 unspecified atom stereocenters. The van der Waals surface area contributed by atoms with Crippen LogP contribution in [-0.2, 0) is 24.8 Å². The Kier molecular flexibility index (Phi) is 4.90. The molecular weight excluding hydrogens is 316 g/mol. The molecule has 24 heavy (non-hydrogen) atoms. The highest BCUT2D eigenvalue weighted by molar-refractivity contribution is 7.09. The number of guanidine groups is 1. The number of hydrogen-bond acceptors (Lipinski definition) is 3. The number of rotatable bonds is 3. The van der Waals surface area contributed by atoms with Gasteiger partial charge >= 0.3 is 0 Å². The first-order valence-corrected chi connectivity index (χ1v) is 9.44. The molecule has 4 nitrogen and oxygen atoms in total. The Balaban J connectivity index is 1.68. The molecule has 0 fully saturated rings. The summed E-state index contributed by atoms with van der Waals surface area (Å²) in [4.78, 5) is 9.12. The largest absolute Gasteiger partial charge is 0.370 e. The van der Waals surface area contributed by atoms with E-state index < -0.39 is 0 Å². The van der Waals surface area contributed by atoms with Crippen LogP contribution in [0.5, 0.6) is 0 Å². The minimum Gasteiger partial charge on any atom is -0.370 e. The van der Waals surface area contributed by atoms with Gasteiger partial charge in [0, 0.05) is 16.5 Å². The number of hydrogen-bond donors (Lipinski definition) is 2. The van der Waals surface area contributed by atoms with Crippen molar-refractivity contribution in [2.24, 2.45) is 10.7 Å². The van der Waals surface area contributed by atoms with Gasteiger partial charge in [-0.2, -0.15) is 0 Å². The molecule has 0 amide bonds.